The second-order valence-corrected chi connectivity index (χ2v) is 9.94. The molecule has 0 unspecified atom stereocenters. The summed E-state index contributed by atoms with van der Waals surface area (Å²) in [6, 6.07) is 14.0. The van der Waals surface area contributed by atoms with Crippen molar-refractivity contribution < 1.29 is 4.79 Å². The summed E-state index contributed by atoms with van der Waals surface area (Å²) in [5, 5.41) is 4.31. The highest BCUT2D eigenvalue weighted by Crippen LogP contribution is 2.34. The zero-order valence-corrected chi connectivity index (χ0v) is 21.0. The van der Waals surface area contributed by atoms with Gasteiger partial charge in [0, 0.05) is 22.3 Å². The van der Waals surface area contributed by atoms with Gasteiger partial charge < -0.3 is 5.32 Å². The van der Waals surface area contributed by atoms with Gasteiger partial charge in [-0.2, -0.15) is 0 Å². The first-order valence-corrected chi connectivity index (χ1v) is 12.6. The molecule has 4 rings (SSSR count). The van der Waals surface area contributed by atoms with E-state index in [1.807, 2.05) is 6.07 Å². The number of nitrogens with one attached hydrogen (secondary N) is 1. The van der Waals surface area contributed by atoms with Gasteiger partial charge in [0.2, 0.25) is 0 Å². The molecule has 33 heavy (non-hydrogen) atoms. The summed E-state index contributed by atoms with van der Waals surface area (Å²) >= 11 is 12.7. The highest BCUT2D eigenvalue weighted by atomic mass is 35.5. The lowest BCUT2D eigenvalue weighted by atomic mass is 9.95. The number of halogens is 2. The Kier molecular flexibility index (Phi) is 7.45. The second kappa shape index (κ2) is 10.3. The van der Waals surface area contributed by atoms with E-state index in [1.165, 1.54) is 12.0 Å². The maximum Gasteiger partial charge on any atom is 0.272 e. The Hall–Kier alpha value is -2.30. The Labute approximate surface area is 206 Å². The molecule has 1 aliphatic rings. The van der Waals surface area contributed by atoms with Crippen LogP contribution >= 0.6 is 23.2 Å². The number of hydrogen-bond acceptors (Lipinski definition) is 2. The topological polar surface area (TPSA) is 46.9 Å². The van der Waals surface area contributed by atoms with Crippen LogP contribution in [0.25, 0.3) is 17.1 Å². The first-order valence-electron chi connectivity index (χ1n) is 11.9. The molecule has 1 aliphatic carbocycles. The van der Waals surface area contributed by atoms with Crippen LogP contribution in [0.3, 0.4) is 0 Å². The van der Waals surface area contributed by atoms with Gasteiger partial charge in [-0.05, 0) is 61.1 Å². The quantitative estimate of drug-likeness (QED) is 0.392. The molecule has 1 saturated carbocycles. The largest absolute Gasteiger partial charge is 0.348 e. The molecule has 0 spiro atoms. The van der Waals surface area contributed by atoms with Gasteiger partial charge in [0.15, 0.2) is 0 Å². The van der Waals surface area contributed by atoms with Crippen LogP contribution in [0.1, 0.15) is 80.5 Å². The second-order valence-electron chi connectivity index (χ2n) is 9.10. The Morgan fingerprint density at radius 2 is 1.79 bits per heavy atom. The van der Waals surface area contributed by atoms with Crippen LogP contribution in [0.5, 0.6) is 0 Å². The van der Waals surface area contributed by atoms with E-state index in [0.717, 1.165) is 42.6 Å². The summed E-state index contributed by atoms with van der Waals surface area (Å²) in [4.78, 5) is 18.2. The minimum Gasteiger partial charge on any atom is -0.348 e. The predicted molar refractivity (Wildman–Crippen MR) is 137 cm³/mol. The lowest BCUT2D eigenvalue weighted by Crippen LogP contribution is -2.36. The molecule has 174 valence electrons. The van der Waals surface area contributed by atoms with Gasteiger partial charge in [-0.1, -0.05) is 75.4 Å². The van der Waals surface area contributed by atoms with E-state index in [1.54, 1.807) is 12.1 Å². The number of carbonyl (C=O) groups excluding carboxylic acids is 1. The zero-order chi connectivity index (χ0) is 23.5. The van der Waals surface area contributed by atoms with Crippen LogP contribution in [0, 0.1) is 0 Å². The lowest BCUT2D eigenvalue weighted by Gasteiger charge is -2.22. The fourth-order valence-corrected chi connectivity index (χ4v) is 5.09. The average molecular weight is 484 g/mol. The molecule has 4 nitrogen and oxygen atoms in total. The molecule has 0 radical (unpaired) electrons. The summed E-state index contributed by atoms with van der Waals surface area (Å²) in [6.07, 6.45) is 6.28. The maximum atomic E-state index is 13.4. The van der Waals surface area contributed by atoms with Gasteiger partial charge >= 0.3 is 0 Å². The van der Waals surface area contributed by atoms with Crippen LogP contribution in [-0.4, -0.2) is 21.5 Å². The van der Waals surface area contributed by atoms with Crippen molar-refractivity contribution >= 4 is 29.1 Å². The number of hydrogen-bond donors (Lipinski definition) is 1. The van der Waals surface area contributed by atoms with Crippen molar-refractivity contribution in [3.8, 4) is 17.1 Å². The number of nitrogens with zero attached hydrogens (tertiary/aromatic N) is 2. The monoisotopic (exact) mass is 483 g/mol. The predicted octanol–water partition coefficient (Wildman–Crippen LogP) is 7.59. The molecule has 0 aliphatic heterocycles. The normalized spacial score (nSPS) is 14.6. The first-order chi connectivity index (χ1) is 15.9. The standard InChI is InChI=1S/C27H31Cl2N3O/c1-4-24-25(27(33)30-20-8-6-5-7-9-20)31-26(22-15-12-19(28)16-23(22)29)32(24)21-13-10-18(11-14-21)17(2)3/h10-17,20H,4-9H2,1-3H3,(H,30,33). The van der Waals surface area contributed by atoms with Gasteiger partial charge in [0.05, 0.1) is 10.7 Å². The number of carbonyl (C=O) groups is 1. The van der Waals surface area contributed by atoms with Crippen molar-refractivity contribution in [2.45, 2.75) is 71.3 Å². The van der Waals surface area contributed by atoms with E-state index in [9.17, 15) is 4.79 Å². The molecule has 1 amide bonds. The molecule has 1 N–H and O–H groups in total. The molecule has 0 atom stereocenters. The third-order valence-electron chi connectivity index (χ3n) is 6.45. The molecule has 3 aromatic rings. The van der Waals surface area contributed by atoms with E-state index in [-0.39, 0.29) is 11.9 Å². The number of amides is 1. The van der Waals surface area contributed by atoms with E-state index in [4.69, 9.17) is 28.2 Å². The molecular weight excluding hydrogens is 453 g/mol. The van der Waals surface area contributed by atoms with E-state index in [2.05, 4.69) is 54.9 Å². The smallest absolute Gasteiger partial charge is 0.272 e. The molecule has 2 aromatic carbocycles. The Balaban J connectivity index is 1.83. The summed E-state index contributed by atoms with van der Waals surface area (Å²) in [5.41, 5.74) is 4.32. The third kappa shape index (κ3) is 5.12. The fraction of sp³-hybridized carbons (Fsp3) is 0.407. The van der Waals surface area contributed by atoms with Crippen LogP contribution in [0.2, 0.25) is 10.0 Å². The van der Waals surface area contributed by atoms with E-state index in [0.29, 0.717) is 33.9 Å². The fourth-order valence-electron chi connectivity index (χ4n) is 4.60. The number of benzene rings is 2. The van der Waals surface area contributed by atoms with E-state index < -0.39 is 0 Å². The zero-order valence-electron chi connectivity index (χ0n) is 19.5. The van der Waals surface area contributed by atoms with Crippen molar-refractivity contribution in [3.05, 3.63) is 69.5 Å². The highest BCUT2D eigenvalue weighted by Gasteiger charge is 2.26. The number of rotatable bonds is 6. The molecule has 1 aromatic heterocycles. The molecule has 6 heteroatoms. The molecule has 0 saturated heterocycles. The van der Waals surface area contributed by atoms with Crippen LogP contribution in [-0.2, 0) is 6.42 Å². The highest BCUT2D eigenvalue weighted by molar-refractivity contribution is 6.36. The number of aromatic nitrogens is 2. The Morgan fingerprint density at radius 1 is 1.09 bits per heavy atom. The van der Waals surface area contributed by atoms with Crippen molar-refractivity contribution in [2.24, 2.45) is 0 Å². The molecule has 0 bridgehead atoms. The van der Waals surface area contributed by atoms with Gasteiger partial charge in [-0.3, -0.25) is 9.36 Å². The maximum absolute atomic E-state index is 13.4. The van der Waals surface area contributed by atoms with Gasteiger partial charge in [0.1, 0.15) is 11.5 Å². The number of imidazole rings is 1. The minimum atomic E-state index is -0.109. The van der Waals surface area contributed by atoms with Crippen molar-refractivity contribution in [2.75, 3.05) is 0 Å². The SMILES string of the molecule is CCc1c(C(=O)NC2CCCCC2)nc(-c2ccc(Cl)cc2Cl)n1-c1ccc(C(C)C)cc1. The summed E-state index contributed by atoms with van der Waals surface area (Å²) < 4.78 is 2.06. The van der Waals surface area contributed by atoms with Crippen LogP contribution < -0.4 is 5.32 Å². The van der Waals surface area contributed by atoms with Gasteiger partial charge in [-0.15, -0.1) is 0 Å². The Morgan fingerprint density at radius 3 is 2.39 bits per heavy atom. The minimum absolute atomic E-state index is 0.109. The van der Waals surface area contributed by atoms with E-state index >= 15 is 0 Å². The lowest BCUT2D eigenvalue weighted by molar-refractivity contribution is 0.0922. The van der Waals surface area contributed by atoms with Crippen molar-refractivity contribution in [1.82, 2.24) is 14.9 Å². The first kappa shape index (κ1) is 23.8. The van der Waals surface area contributed by atoms with Crippen LogP contribution in [0.15, 0.2) is 42.5 Å². The summed E-state index contributed by atoms with van der Waals surface area (Å²) in [6.45, 7) is 6.41. The summed E-state index contributed by atoms with van der Waals surface area (Å²) in [5.74, 6) is 0.983. The van der Waals surface area contributed by atoms with Crippen molar-refractivity contribution in [3.63, 3.8) is 0 Å². The van der Waals surface area contributed by atoms with Crippen molar-refractivity contribution in [1.29, 1.82) is 0 Å². The summed E-state index contributed by atoms with van der Waals surface area (Å²) in [7, 11) is 0. The average Bonchev–Trinajstić information content (AvgIpc) is 3.19. The molecule has 1 fully saturated rings. The van der Waals surface area contributed by atoms with Gasteiger partial charge in [-0.25, -0.2) is 4.98 Å². The van der Waals surface area contributed by atoms with Crippen LogP contribution in [0.4, 0.5) is 0 Å². The van der Waals surface area contributed by atoms with Gasteiger partial charge in [0.25, 0.3) is 5.91 Å². The molecule has 1 heterocycles. The molecular formula is C27H31Cl2N3O. The third-order valence-corrected chi connectivity index (χ3v) is 7.00. The Bertz CT molecular complexity index is 1130.